The fourth-order valence-electron chi connectivity index (χ4n) is 2.13. The molecular weight excluding hydrogens is 256 g/mol. The third kappa shape index (κ3) is 3.01. The number of amides is 2. The third-order valence-corrected chi connectivity index (χ3v) is 3.10. The van der Waals surface area contributed by atoms with Gasteiger partial charge in [0.1, 0.15) is 6.04 Å². The Morgan fingerprint density at radius 2 is 2.05 bits per heavy atom. The van der Waals surface area contributed by atoms with Crippen LogP contribution in [0.4, 0.5) is 17.1 Å². The van der Waals surface area contributed by atoms with E-state index in [1.807, 2.05) is 13.8 Å². The molecule has 5 N–H and O–H groups in total. The van der Waals surface area contributed by atoms with Crippen LogP contribution in [0.25, 0.3) is 0 Å². The Labute approximate surface area is 118 Å². The van der Waals surface area contributed by atoms with Gasteiger partial charge in [-0.1, -0.05) is 0 Å². The van der Waals surface area contributed by atoms with Crippen molar-refractivity contribution in [1.29, 1.82) is 0 Å². The molecule has 0 radical (unpaired) electrons. The van der Waals surface area contributed by atoms with Crippen LogP contribution >= 0.6 is 0 Å². The SMILES string of the molecule is CC(C)NC(=O)C(C)Nc1cc2c(cc1N)CC(=O)N2. The average Bonchev–Trinajstić information content (AvgIpc) is 2.67. The topological polar surface area (TPSA) is 96.2 Å². The zero-order valence-electron chi connectivity index (χ0n) is 11.9. The molecule has 1 aliphatic rings. The van der Waals surface area contributed by atoms with Crippen LogP contribution in [-0.4, -0.2) is 23.9 Å². The van der Waals surface area contributed by atoms with Crippen molar-refractivity contribution in [2.24, 2.45) is 0 Å². The summed E-state index contributed by atoms with van der Waals surface area (Å²) in [5.41, 5.74) is 8.78. The summed E-state index contributed by atoms with van der Waals surface area (Å²) in [6, 6.07) is 3.22. The van der Waals surface area contributed by atoms with Crippen LogP contribution in [0, 0.1) is 0 Å². The van der Waals surface area contributed by atoms with Gasteiger partial charge in [0.25, 0.3) is 0 Å². The van der Waals surface area contributed by atoms with Crippen molar-refractivity contribution in [1.82, 2.24) is 5.32 Å². The van der Waals surface area contributed by atoms with E-state index in [2.05, 4.69) is 16.0 Å². The normalized spacial score (nSPS) is 14.7. The molecule has 20 heavy (non-hydrogen) atoms. The number of rotatable bonds is 4. The van der Waals surface area contributed by atoms with Crippen LogP contribution in [0.5, 0.6) is 0 Å². The van der Waals surface area contributed by atoms with Gasteiger partial charge in [0.2, 0.25) is 11.8 Å². The van der Waals surface area contributed by atoms with Crippen molar-refractivity contribution >= 4 is 28.9 Å². The van der Waals surface area contributed by atoms with Gasteiger partial charge in [-0.2, -0.15) is 0 Å². The molecule has 2 amide bonds. The standard InChI is InChI=1S/C14H20N4O2/c1-7(2)16-14(20)8(3)17-12-6-11-9(4-10(12)15)5-13(19)18-11/h4,6-8,17H,5,15H2,1-3H3,(H,16,20)(H,18,19). The smallest absolute Gasteiger partial charge is 0.242 e. The monoisotopic (exact) mass is 276 g/mol. The molecule has 1 aliphatic heterocycles. The van der Waals surface area contributed by atoms with E-state index >= 15 is 0 Å². The lowest BCUT2D eigenvalue weighted by Gasteiger charge is -2.18. The largest absolute Gasteiger partial charge is 0.397 e. The van der Waals surface area contributed by atoms with Gasteiger partial charge < -0.3 is 21.7 Å². The summed E-state index contributed by atoms with van der Waals surface area (Å²) in [4.78, 5) is 23.2. The highest BCUT2D eigenvalue weighted by molar-refractivity contribution is 6.01. The van der Waals surface area contributed by atoms with E-state index in [1.54, 1.807) is 19.1 Å². The van der Waals surface area contributed by atoms with Gasteiger partial charge in [-0.3, -0.25) is 9.59 Å². The predicted octanol–water partition coefficient (Wildman–Crippen LogP) is 1.09. The van der Waals surface area contributed by atoms with Gasteiger partial charge in [0.05, 0.1) is 17.8 Å². The molecule has 0 bridgehead atoms. The molecule has 1 aromatic rings. The van der Waals surface area contributed by atoms with Gasteiger partial charge in [0.15, 0.2) is 0 Å². The average molecular weight is 276 g/mol. The summed E-state index contributed by atoms with van der Waals surface area (Å²) in [5.74, 6) is -0.133. The Morgan fingerprint density at radius 1 is 1.35 bits per heavy atom. The number of fused-ring (bicyclic) bond motifs is 1. The van der Waals surface area contributed by atoms with Crippen molar-refractivity contribution in [2.45, 2.75) is 39.3 Å². The molecule has 0 saturated carbocycles. The number of nitrogens with one attached hydrogen (secondary N) is 3. The van der Waals surface area contributed by atoms with Crippen LogP contribution in [0.15, 0.2) is 12.1 Å². The van der Waals surface area contributed by atoms with E-state index in [-0.39, 0.29) is 17.9 Å². The highest BCUT2D eigenvalue weighted by Crippen LogP contribution is 2.31. The van der Waals surface area contributed by atoms with Crippen molar-refractivity contribution in [3.63, 3.8) is 0 Å². The fourth-order valence-corrected chi connectivity index (χ4v) is 2.13. The molecule has 0 aliphatic carbocycles. The number of hydrogen-bond donors (Lipinski definition) is 4. The van der Waals surface area contributed by atoms with Gasteiger partial charge in [0, 0.05) is 11.7 Å². The minimum Gasteiger partial charge on any atom is -0.397 e. The Balaban J connectivity index is 2.12. The predicted molar refractivity (Wildman–Crippen MR) is 79.6 cm³/mol. The number of nitrogens with two attached hydrogens (primary N) is 1. The summed E-state index contributed by atoms with van der Waals surface area (Å²) < 4.78 is 0. The first-order chi connectivity index (χ1) is 9.36. The number of carbonyl (C=O) groups excluding carboxylic acids is 2. The number of anilines is 3. The molecule has 0 aromatic heterocycles. The number of carbonyl (C=O) groups is 2. The second-order valence-electron chi connectivity index (χ2n) is 5.35. The van der Waals surface area contributed by atoms with Crippen molar-refractivity contribution in [3.05, 3.63) is 17.7 Å². The van der Waals surface area contributed by atoms with E-state index in [0.29, 0.717) is 17.8 Å². The third-order valence-electron chi connectivity index (χ3n) is 3.10. The maximum Gasteiger partial charge on any atom is 0.242 e. The Morgan fingerprint density at radius 3 is 2.70 bits per heavy atom. The quantitative estimate of drug-likeness (QED) is 0.619. The van der Waals surface area contributed by atoms with E-state index in [9.17, 15) is 9.59 Å². The van der Waals surface area contributed by atoms with Gasteiger partial charge in [-0.25, -0.2) is 0 Å². The highest BCUT2D eigenvalue weighted by Gasteiger charge is 2.21. The zero-order chi connectivity index (χ0) is 14.9. The molecule has 0 spiro atoms. The maximum absolute atomic E-state index is 11.9. The van der Waals surface area contributed by atoms with Crippen LogP contribution in [0.3, 0.4) is 0 Å². The molecule has 1 unspecified atom stereocenters. The van der Waals surface area contributed by atoms with E-state index < -0.39 is 6.04 Å². The minimum atomic E-state index is -0.408. The first-order valence-corrected chi connectivity index (χ1v) is 6.66. The summed E-state index contributed by atoms with van der Waals surface area (Å²) in [6.45, 7) is 5.58. The molecular formula is C14H20N4O2. The van der Waals surface area contributed by atoms with E-state index in [1.165, 1.54) is 0 Å². The van der Waals surface area contributed by atoms with Crippen LogP contribution in [0.2, 0.25) is 0 Å². The van der Waals surface area contributed by atoms with E-state index in [4.69, 9.17) is 5.73 Å². The number of hydrogen-bond acceptors (Lipinski definition) is 4. The lowest BCUT2D eigenvalue weighted by atomic mass is 10.1. The molecule has 2 rings (SSSR count). The maximum atomic E-state index is 11.9. The lowest BCUT2D eigenvalue weighted by Crippen LogP contribution is -2.41. The molecule has 6 heteroatoms. The Bertz CT molecular complexity index is 554. The van der Waals surface area contributed by atoms with Crippen LogP contribution < -0.4 is 21.7 Å². The van der Waals surface area contributed by atoms with Gasteiger partial charge in [-0.05, 0) is 38.5 Å². The minimum absolute atomic E-state index is 0.0397. The lowest BCUT2D eigenvalue weighted by molar-refractivity contribution is -0.122. The second-order valence-corrected chi connectivity index (χ2v) is 5.35. The summed E-state index contributed by atoms with van der Waals surface area (Å²) in [5, 5.41) is 8.67. The number of nitrogen functional groups attached to an aromatic ring is 1. The Kier molecular flexibility index (Phi) is 3.83. The molecule has 0 saturated heterocycles. The van der Waals surface area contributed by atoms with Crippen molar-refractivity contribution < 1.29 is 9.59 Å². The van der Waals surface area contributed by atoms with Gasteiger partial charge in [-0.15, -0.1) is 0 Å². The first kappa shape index (κ1) is 14.2. The molecule has 1 aromatic carbocycles. The summed E-state index contributed by atoms with van der Waals surface area (Å²) in [6.07, 6.45) is 0.350. The second kappa shape index (κ2) is 5.40. The molecule has 1 atom stereocenters. The molecule has 108 valence electrons. The first-order valence-electron chi connectivity index (χ1n) is 6.66. The highest BCUT2D eigenvalue weighted by atomic mass is 16.2. The molecule has 6 nitrogen and oxygen atoms in total. The zero-order valence-corrected chi connectivity index (χ0v) is 11.9. The fraction of sp³-hybridized carbons (Fsp3) is 0.429. The van der Waals surface area contributed by atoms with Crippen molar-refractivity contribution in [2.75, 3.05) is 16.4 Å². The Hall–Kier alpha value is -2.24. The summed E-state index contributed by atoms with van der Waals surface area (Å²) >= 11 is 0. The van der Waals surface area contributed by atoms with Crippen LogP contribution in [-0.2, 0) is 16.0 Å². The van der Waals surface area contributed by atoms with E-state index in [0.717, 1.165) is 11.3 Å². The van der Waals surface area contributed by atoms with Crippen LogP contribution in [0.1, 0.15) is 26.3 Å². The number of benzene rings is 1. The summed E-state index contributed by atoms with van der Waals surface area (Å²) in [7, 11) is 0. The molecule has 1 heterocycles. The van der Waals surface area contributed by atoms with Gasteiger partial charge >= 0.3 is 0 Å². The van der Waals surface area contributed by atoms with Crippen molar-refractivity contribution in [3.8, 4) is 0 Å². The molecule has 0 fully saturated rings.